The summed E-state index contributed by atoms with van der Waals surface area (Å²) in [7, 11) is -3.92. The van der Waals surface area contributed by atoms with Gasteiger partial charge in [-0.05, 0) is 23.8 Å². The summed E-state index contributed by atoms with van der Waals surface area (Å²) >= 11 is 6.46. The van der Waals surface area contributed by atoms with E-state index in [9.17, 15) is 18.3 Å². The normalized spacial score (nSPS) is 14.1. The van der Waals surface area contributed by atoms with E-state index in [1.807, 2.05) is 36.4 Å². The molecule has 1 N–H and O–H groups in total. The van der Waals surface area contributed by atoms with Gasteiger partial charge in [-0.3, -0.25) is 0 Å². The largest absolute Gasteiger partial charge is 0.478 e. The monoisotopic (exact) mass is 441 g/mol. The molecule has 0 atom stereocenters. The zero-order valence-electron chi connectivity index (χ0n) is 15.6. The Labute approximate surface area is 178 Å². The number of rotatable bonds is 4. The molecular weight excluding hydrogens is 426 g/mol. The Morgan fingerprint density at radius 3 is 2.50 bits per heavy atom. The van der Waals surface area contributed by atoms with E-state index in [1.54, 1.807) is 4.57 Å². The van der Waals surface area contributed by atoms with Crippen molar-refractivity contribution >= 4 is 27.6 Å². The Kier molecular flexibility index (Phi) is 5.12. The molecule has 152 valence electrons. The van der Waals surface area contributed by atoms with Crippen LogP contribution in [0, 0.1) is 11.3 Å². The van der Waals surface area contributed by atoms with Crippen LogP contribution in [0.15, 0.2) is 59.5 Å². The van der Waals surface area contributed by atoms with Crippen LogP contribution in [-0.2, 0) is 23.1 Å². The molecule has 30 heavy (non-hydrogen) atoms. The van der Waals surface area contributed by atoms with Crippen molar-refractivity contribution in [3.05, 3.63) is 76.4 Å². The van der Waals surface area contributed by atoms with Crippen molar-refractivity contribution in [1.82, 2.24) is 8.87 Å². The van der Waals surface area contributed by atoms with Crippen LogP contribution in [0.4, 0.5) is 0 Å². The highest BCUT2D eigenvalue weighted by molar-refractivity contribution is 7.89. The summed E-state index contributed by atoms with van der Waals surface area (Å²) in [6.45, 7) is 0.271. The molecule has 0 fully saturated rings. The van der Waals surface area contributed by atoms with Crippen LogP contribution in [0.1, 0.15) is 21.6 Å². The van der Waals surface area contributed by atoms with Gasteiger partial charge in [0.1, 0.15) is 5.56 Å². The third-order valence-electron chi connectivity index (χ3n) is 5.07. The van der Waals surface area contributed by atoms with Gasteiger partial charge in [-0.15, -0.1) is 0 Å². The van der Waals surface area contributed by atoms with Crippen LogP contribution < -0.4 is 0 Å². The van der Waals surface area contributed by atoms with Gasteiger partial charge in [0.25, 0.3) is 0 Å². The smallest absolute Gasteiger partial charge is 0.339 e. The first-order valence-electron chi connectivity index (χ1n) is 9.04. The van der Waals surface area contributed by atoms with Crippen molar-refractivity contribution in [2.45, 2.75) is 18.0 Å². The maximum Gasteiger partial charge on any atom is 0.339 e. The van der Waals surface area contributed by atoms with Gasteiger partial charge >= 0.3 is 5.97 Å². The number of aromatic carboxylic acids is 1. The molecule has 1 aromatic heterocycles. The summed E-state index contributed by atoms with van der Waals surface area (Å²) in [5.41, 5.74) is 1.79. The zero-order valence-corrected chi connectivity index (χ0v) is 17.2. The third-order valence-corrected chi connectivity index (χ3v) is 7.28. The molecule has 1 aliphatic rings. The van der Waals surface area contributed by atoms with Crippen LogP contribution in [0.2, 0.25) is 5.02 Å². The molecule has 0 unspecified atom stereocenters. The lowest BCUT2D eigenvalue weighted by Gasteiger charge is -2.29. The lowest BCUT2D eigenvalue weighted by Crippen LogP contribution is -2.38. The van der Waals surface area contributed by atoms with Gasteiger partial charge in [0.05, 0.1) is 33.8 Å². The second kappa shape index (κ2) is 7.61. The first-order valence-corrected chi connectivity index (χ1v) is 10.9. The number of nitriles is 1. The molecule has 9 heteroatoms. The molecule has 0 amide bonds. The predicted octanol–water partition coefficient (Wildman–Crippen LogP) is 3.58. The summed E-state index contributed by atoms with van der Waals surface area (Å²) in [5.74, 6) is -1.21. The van der Waals surface area contributed by atoms with Gasteiger partial charge in [0.15, 0.2) is 0 Å². The lowest BCUT2D eigenvalue weighted by atomic mass is 10.1. The van der Waals surface area contributed by atoms with E-state index >= 15 is 0 Å². The fraction of sp³-hybridized carbons (Fsp3) is 0.143. The molecule has 2 aromatic carbocycles. The van der Waals surface area contributed by atoms with E-state index < -0.39 is 16.0 Å². The third kappa shape index (κ3) is 3.27. The van der Waals surface area contributed by atoms with E-state index in [-0.39, 0.29) is 40.7 Å². The molecule has 7 nitrogen and oxygen atoms in total. The minimum atomic E-state index is -3.92. The van der Waals surface area contributed by atoms with E-state index in [1.165, 1.54) is 28.6 Å². The van der Waals surface area contributed by atoms with Crippen molar-refractivity contribution in [3.63, 3.8) is 0 Å². The quantitative estimate of drug-likeness (QED) is 0.666. The van der Waals surface area contributed by atoms with Crippen molar-refractivity contribution in [2.24, 2.45) is 0 Å². The topological polar surface area (TPSA) is 103 Å². The van der Waals surface area contributed by atoms with Gasteiger partial charge in [0.2, 0.25) is 10.0 Å². The maximum absolute atomic E-state index is 13.1. The van der Waals surface area contributed by atoms with Crippen LogP contribution in [0.5, 0.6) is 0 Å². The number of hydrogen-bond donors (Lipinski definition) is 1. The molecule has 3 aromatic rings. The molecule has 4 rings (SSSR count). The number of fused-ring (bicyclic) bond motifs is 1. The molecule has 0 radical (unpaired) electrons. The Bertz CT molecular complexity index is 1290. The van der Waals surface area contributed by atoms with E-state index in [0.29, 0.717) is 11.4 Å². The highest BCUT2D eigenvalue weighted by Crippen LogP contribution is 2.38. The average molecular weight is 442 g/mol. The van der Waals surface area contributed by atoms with Crippen LogP contribution >= 0.6 is 11.6 Å². The molecule has 0 aliphatic carbocycles. The number of benzene rings is 2. The lowest BCUT2D eigenvalue weighted by molar-refractivity contribution is 0.0694. The van der Waals surface area contributed by atoms with Crippen molar-refractivity contribution in [2.75, 3.05) is 6.54 Å². The Hall–Kier alpha value is -3.12. The molecule has 0 saturated heterocycles. The highest BCUT2D eigenvalue weighted by Gasteiger charge is 2.35. The summed E-state index contributed by atoms with van der Waals surface area (Å²) in [6.07, 6.45) is 0. The first-order chi connectivity index (χ1) is 14.3. The minimum absolute atomic E-state index is 0.00666. The molecule has 2 heterocycles. The predicted molar refractivity (Wildman–Crippen MR) is 111 cm³/mol. The maximum atomic E-state index is 13.1. The Morgan fingerprint density at radius 2 is 1.83 bits per heavy atom. The van der Waals surface area contributed by atoms with Crippen molar-refractivity contribution in [3.8, 4) is 17.3 Å². The number of halogens is 1. The van der Waals surface area contributed by atoms with E-state index in [2.05, 4.69) is 0 Å². The highest BCUT2D eigenvalue weighted by atomic mass is 35.5. The standard InChI is InChI=1S/C21H16ClN3O4S/c22-19-18(21(26)27)17-13-24(30(28,29)16-8-4-5-14(11-16)12-23)9-10-25(17)20(19)15-6-2-1-3-7-15/h1-8,11H,9-10,13H2,(H,26,27). The van der Waals surface area contributed by atoms with Crippen LogP contribution in [0.3, 0.4) is 0 Å². The Balaban J connectivity index is 1.81. The molecule has 0 spiro atoms. The number of sulfonamides is 1. The number of carboxylic acids is 1. The summed E-state index contributed by atoms with van der Waals surface area (Å²) in [5, 5.41) is 18.9. The van der Waals surface area contributed by atoms with Gasteiger partial charge in [-0.1, -0.05) is 48.0 Å². The minimum Gasteiger partial charge on any atom is -0.478 e. The van der Waals surface area contributed by atoms with Gasteiger partial charge < -0.3 is 9.67 Å². The summed E-state index contributed by atoms with van der Waals surface area (Å²) in [6, 6.07) is 16.8. The second-order valence-corrected chi connectivity index (χ2v) is 9.10. The van der Waals surface area contributed by atoms with Crippen molar-refractivity contribution in [1.29, 1.82) is 5.26 Å². The molecular formula is C21H16ClN3O4S. The number of carbonyl (C=O) groups is 1. The molecule has 0 saturated carbocycles. The summed E-state index contributed by atoms with van der Waals surface area (Å²) in [4.78, 5) is 11.9. The van der Waals surface area contributed by atoms with Gasteiger partial charge in [-0.25, -0.2) is 13.2 Å². The summed E-state index contributed by atoms with van der Waals surface area (Å²) < 4.78 is 29.3. The number of carboxylic acid groups (broad SMARTS) is 1. The Morgan fingerprint density at radius 1 is 1.10 bits per heavy atom. The number of nitrogens with zero attached hydrogens (tertiary/aromatic N) is 3. The van der Waals surface area contributed by atoms with Gasteiger partial charge in [0, 0.05) is 18.8 Å². The SMILES string of the molecule is N#Cc1cccc(S(=O)(=O)N2CCn3c(c(C(=O)O)c(Cl)c3-c3ccccc3)C2)c1. The van der Waals surface area contributed by atoms with Crippen LogP contribution in [0.25, 0.3) is 11.3 Å². The van der Waals surface area contributed by atoms with Crippen molar-refractivity contribution < 1.29 is 18.3 Å². The number of aromatic nitrogens is 1. The average Bonchev–Trinajstić information content (AvgIpc) is 3.05. The molecule has 0 bridgehead atoms. The second-order valence-electron chi connectivity index (χ2n) is 6.79. The fourth-order valence-corrected chi connectivity index (χ4v) is 5.52. The molecule has 1 aliphatic heterocycles. The zero-order chi connectivity index (χ0) is 21.5. The van der Waals surface area contributed by atoms with E-state index in [0.717, 1.165) is 5.56 Å². The van der Waals surface area contributed by atoms with Crippen LogP contribution in [-0.4, -0.2) is 34.9 Å². The first kappa shape index (κ1) is 20.2. The number of hydrogen-bond acceptors (Lipinski definition) is 4. The van der Waals surface area contributed by atoms with Gasteiger partial charge in [-0.2, -0.15) is 9.57 Å². The van der Waals surface area contributed by atoms with E-state index in [4.69, 9.17) is 16.9 Å². The fourth-order valence-electron chi connectivity index (χ4n) is 3.68.